The van der Waals surface area contributed by atoms with Crippen LogP contribution in [0.3, 0.4) is 0 Å². The fourth-order valence-corrected chi connectivity index (χ4v) is 2.13. The molecule has 0 aliphatic heterocycles. The molecule has 0 aliphatic rings. The zero-order valence-corrected chi connectivity index (χ0v) is 10.8. The van der Waals surface area contributed by atoms with E-state index >= 15 is 0 Å². The van der Waals surface area contributed by atoms with Crippen molar-refractivity contribution in [2.45, 2.75) is 13.5 Å². The average Bonchev–Trinajstić information content (AvgIpc) is 2.83. The molecule has 0 N–H and O–H groups in total. The highest BCUT2D eigenvalue weighted by Gasteiger charge is 1.99. The van der Waals surface area contributed by atoms with Gasteiger partial charge in [0.25, 0.3) is 0 Å². The molecule has 0 spiro atoms. The maximum Gasteiger partial charge on any atom is 0.302 e. The van der Waals surface area contributed by atoms with Crippen molar-refractivity contribution in [2.75, 3.05) is 0 Å². The van der Waals surface area contributed by atoms with Gasteiger partial charge in [-0.05, 0) is 24.3 Å². The Morgan fingerprint density at radius 1 is 1.17 bits per heavy atom. The van der Waals surface area contributed by atoms with Gasteiger partial charge in [0.05, 0.1) is 4.88 Å². The average molecular weight is 256 g/mol. The topological polar surface area (TPSA) is 26.3 Å². The van der Waals surface area contributed by atoms with E-state index in [9.17, 15) is 4.79 Å². The van der Waals surface area contributed by atoms with E-state index in [0.717, 1.165) is 15.3 Å². The summed E-state index contributed by atoms with van der Waals surface area (Å²) < 4.78 is 4.93. The lowest BCUT2D eigenvalue weighted by Gasteiger charge is -1.96. The van der Waals surface area contributed by atoms with E-state index in [2.05, 4.69) is 11.8 Å². The number of esters is 1. The molecule has 2 nitrogen and oxygen atoms in total. The van der Waals surface area contributed by atoms with E-state index in [0.29, 0.717) is 6.61 Å². The van der Waals surface area contributed by atoms with E-state index in [4.69, 9.17) is 4.74 Å². The van der Waals surface area contributed by atoms with Gasteiger partial charge in [-0.1, -0.05) is 30.0 Å². The molecule has 0 saturated carbocycles. The Kier molecular flexibility index (Phi) is 4.16. The molecular formula is C15H12O2S. The van der Waals surface area contributed by atoms with Crippen molar-refractivity contribution in [3.05, 3.63) is 57.8 Å². The predicted octanol–water partition coefficient (Wildman–Crippen LogP) is 3.21. The van der Waals surface area contributed by atoms with Crippen molar-refractivity contribution < 1.29 is 9.53 Å². The SMILES string of the molecule is CC(=O)OCc1ccc(C#Cc2ccccc2)s1. The molecule has 1 aromatic carbocycles. The molecule has 0 unspecified atom stereocenters. The number of rotatable bonds is 2. The van der Waals surface area contributed by atoms with Crippen molar-refractivity contribution >= 4 is 17.3 Å². The molecule has 1 aromatic heterocycles. The van der Waals surface area contributed by atoms with Gasteiger partial charge in [-0.3, -0.25) is 4.79 Å². The minimum atomic E-state index is -0.264. The third-order valence-corrected chi connectivity index (χ3v) is 3.16. The zero-order valence-electron chi connectivity index (χ0n) is 9.97. The lowest BCUT2D eigenvalue weighted by Crippen LogP contribution is -1.96. The van der Waals surface area contributed by atoms with Crippen LogP contribution in [0.4, 0.5) is 0 Å². The third kappa shape index (κ3) is 3.76. The Hall–Kier alpha value is -2.05. The van der Waals surface area contributed by atoms with Crippen LogP contribution in [0.1, 0.15) is 22.2 Å². The van der Waals surface area contributed by atoms with Crippen LogP contribution in [0, 0.1) is 11.8 Å². The molecule has 18 heavy (non-hydrogen) atoms. The lowest BCUT2D eigenvalue weighted by atomic mass is 10.2. The number of thiophene rings is 1. The maximum atomic E-state index is 10.7. The molecule has 0 atom stereocenters. The number of carbonyl (C=O) groups excluding carboxylic acids is 1. The summed E-state index contributed by atoms with van der Waals surface area (Å²) in [5.74, 6) is 5.93. The Bertz CT molecular complexity index is 588. The summed E-state index contributed by atoms with van der Waals surface area (Å²) in [6.45, 7) is 1.73. The molecule has 3 heteroatoms. The fraction of sp³-hybridized carbons (Fsp3) is 0.133. The monoisotopic (exact) mass is 256 g/mol. The van der Waals surface area contributed by atoms with Gasteiger partial charge < -0.3 is 4.74 Å². The Morgan fingerprint density at radius 3 is 2.67 bits per heavy atom. The van der Waals surface area contributed by atoms with Crippen molar-refractivity contribution in [3.8, 4) is 11.8 Å². The summed E-state index contributed by atoms with van der Waals surface area (Å²) >= 11 is 1.54. The second kappa shape index (κ2) is 6.04. The van der Waals surface area contributed by atoms with Gasteiger partial charge >= 0.3 is 5.97 Å². The molecule has 0 aliphatic carbocycles. The molecule has 0 bridgehead atoms. The molecule has 90 valence electrons. The number of hydrogen-bond acceptors (Lipinski definition) is 3. The van der Waals surface area contributed by atoms with Crippen LogP contribution < -0.4 is 0 Å². The first-order valence-electron chi connectivity index (χ1n) is 5.53. The van der Waals surface area contributed by atoms with Crippen molar-refractivity contribution in [3.63, 3.8) is 0 Å². The van der Waals surface area contributed by atoms with E-state index in [1.807, 2.05) is 42.5 Å². The highest BCUT2D eigenvalue weighted by Crippen LogP contribution is 2.16. The summed E-state index contributed by atoms with van der Waals surface area (Å²) in [6.07, 6.45) is 0. The standard InChI is InChI=1S/C15H12O2S/c1-12(16)17-11-15-10-9-14(18-15)8-7-13-5-3-2-4-6-13/h2-6,9-10H,11H2,1H3. The largest absolute Gasteiger partial charge is 0.460 e. The van der Waals surface area contributed by atoms with Crippen LogP contribution in [0.25, 0.3) is 0 Å². The Morgan fingerprint density at radius 2 is 1.94 bits per heavy atom. The molecule has 1 heterocycles. The van der Waals surface area contributed by atoms with Gasteiger partial charge in [0.2, 0.25) is 0 Å². The van der Waals surface area contributed by atoms with Gasteiger partial charge in [0.15, 0.2) is 0 Å². The quantitative estimate of drug-likeness (QED) is 0.609. The Balaban J connectivity index is 2.03. The fourth-order valence-electron chi connectivity index (χ4n) is 1.35. The van der Waals surface area contributed by atoms with Gasteiger partial charge in [-0.15, -0.1) is 11.3 Å². The maximum absolute atomic E-state index is 10.7. The molecule has 0 fully saturated rings. The first kappa shape index (κ1) is 12.4. The highest BCUT2D eigenvalue weighted by molar-refractivity contribution is 7.12. The van der Waals surface area contributed by atoms with E-state index < -0.39 is 0 Å². The van der Waals surface area contributed by atoms with Crippen LogP contribution in [0.5, 0.6) is 0 Å². The summed E-state index contributed by atoms with van der Waals surface area (Å²) in [5, 5.41) is 0. The summed E-state index contributed by atoms with van der Waals surface area (Å²) in [7, 11) is 0. The molecule has 2 rings (SSSR count). The summed E-state index contributed by atoms with van der Waals surface area (Å²) in [6, 6.07) is 13.7. The number of benzene rings is 1. The first-order chi connectivity index (χ1) is 8.74. The minimum absolute atomic E-state index is 0.264. The second-order valence-electron chi connectivity index (χ2n) is 3.66. The molecule has 0 saturated heterocycles. The Labute approximate surface area is 110 Å². The molecule has 0 radical (unpaired) electrons. The number of hydrogen-bond donors (Lipinski definition) is 0. The normalized spacial score (nSPS) is 9.39. The van der Waals surface area contributed by atoms with Gasteiger partial charge in [-0.25, -0.2) is 0 Å². The van der Waals surface area contributed by atoms with Gasteiger partial charge in [-0.2, -0.15) is 0 Å². The van der Waals surface area contributed by atoms with Crippen LogP contribution in [0.15, 0.2) is 42.5 Å². The molecular weight excluding hydrogens is 244 g/mol. The summed E-state index contributed by atoms with van der Waals surface area (Å²) in [5.41, 5.74) is 0.993. The van der Waals surface area contributed by atoms with E-state index in [-0.39, 0.29) is 5.97 Å². The van der Waals surface area contributed by atoms with E-state index in [1.54, 1.807) is 11.3 Å². The molecule has 0 amide bonds. The van der Waals surface area contributed by atoms with Gasteiger partial charge in [0, 0.05) is 17.4 Å². The number of carbonyl (C=O) groups is 1. The lowest BCUT2D eigenvalue weighted by molar-refractivity contribution is -0.142. The highest BCUT2D eigenvalue weighted by atomic mass is 32.1. The van der Waals surface area contributed by atoms with Crippen LogP contribution in [0.2, 0.25) is 0 Å². The van der Waals surface area contributed by atoms with Crippen molar-refractivity contribution in [1.29, 1.82) is 0 Å². The minimum Gasteiger partial charge on any atom is -0.460 e. The second-order valence-corrected chi connectivity index (χ2v) is 4.83. The zero-order chi connectivity index (χ0) is 12.8. The first-order valence-corrected chi connectivity index (χ1v) is 6.35. The number of ether oxygens (including phenoxy) is 1. The van der Waals surface area contributed by atoms with Crippen LogP contribution in [-0.4, -0.2) is 5.97 Å². The van der Waals surface area contributed by atoms with E-state index in [1.165, 1.54) is 6.92 Å². The van der Waals surface area contributed by atoms with Crippen molar-refractivity contribution in [2.24, 2.45) is 0 Å². The van der Waals surface area contributed by atoms with Crippen LogP contribution in [-0.2, 0) is 16.1 Å². The van der Waals surface area contributed by atoms with Crippen molar-refractivity contribution in [1.82, 2.24) is 0 Å². The predicted molar refractivity (Wildman–Crippen MR) is 72.2 cm³/mol. The summed E-state index contributed by atoms with van der Waals surface area (Å²) in [4.78, 5) is 12.7. The smallest absolute Gasteiger partial charge is 0.302 e. The third-order valence-electron chi connectivity index (χ3n) is 2.18. The molecule has 2 aromatic rings. The van der Waals surface area contributed by atoms with Crippen LogP contribution >= 0.6 is 11.3 Å². The van der Waals surface area contributed by atoms with Gasteiger partial charge in [0.1, 0.15) is 6.61 Å².